The molecule has 0 spiro atoms. The van der Waals surface area contributed by atoms with Crippen LogP contribution in [0.1, 0.15) is 31.3 Å². The lowest BCUT2D eigenvalue weighted by Gasteiger charge is -2.25. The van der Waals surface area contributed by atoms with Crippen molar-refractivity contribution in [2.75, 3.05) is 7.05 Å². The Morgan fingerprint density at radius 3 is 2.52 bits per heavy atom. The number of likely N-dealkylation sites (N-methyl/N-ethyl adjacent to an activating group) is 1. The number of fused-ring (bicyclic) bond motifs is 1. The number of amides is 1. The summed E-state index contributed by atoms with van der Waals surface area (Å²) >= 11 is 0. The fourth-order valence-corrected chi connectivity index (χ4v) is 2.94. The molecule has 0 bridgehead atoms. The van der Waals surface area contributed by atoms with Crippen molar-refractivity contribution in [1.82, 2.24) is 20.2 Å². The van der Waals surface area contributed by atoms with Crippen LogP contribution in [0, 0.1) is 0 Å². The molecule has 3 rings (SSSR count). The van der Waals surface area contributed by atoms with Crippen LogP contribution in [0.25, 0.3) is 10.9 Å². The number of benzene rings is 2. The lowest BCUT2D eigenvalue weighted by atomic mass is 10.1. The van der Waals surface area contributed by atoms with Crippen molar-refractivity contribution < 1.29 is 4.79 Å². The van der Waals surface area contributed by atoms with E-state index in [2.05, 4.69) is 15.3 Å². The number of nitrogens with zero attached hydrogens (tertiary/aromatic N) is 2. The van der Waals surface area contributed by atoms with Gasteiger partial charge in [0.1, 0.15) is 5.82 Å². The van der Waals surface area contributed by atoms with Gasteiger partial charge in [0.25, 0.3) is 5.56 Å². The third-order valence-electron chi connectivity index (χ3n) is 4.76. The van der Waals surface area contributed by atoms with Crippen LogP contribution in [0.5, 0.6) is 0 Å². The van der Waals surface area contributed by atoms with E-state index in [4.69, 9.17) is 0 Å². The molecule has 27 heavy (non-hydrogen) atoms. The highest BCUT2D eigenvalue weighted by molar-refractivity contribution is 5.81. The predicted octanol–water partition coefficient (Wildman–Crippen LogP) is 2.62. The van der Waals surface area contributed by atoms with E-state index >= 15 is 0 Å². The molecule has 6 heteroatoms. The van der Waals surface area contributed by atoms with Crippen LogP contribution in [0.3, 0.4) is 0 Å². The van der Waals surface area contributed by atoms with Gasteiger partial charge in [-0.15, -0.1) is 0 Å². The Balaban J connectivity index is 1.67. The molecule has 0 aliphatic carbocycles. The van der Waals surface area contributed by atoms with Crippen LogP contribution in [0.15, 0.2) is 59.4 Å². The molecule has 0 aliphatic heterocycles. The Labute approximate surface area is 158 Å². The quantitative estimate of drug-likeness (QED) is 0.705. The van der Waals surface area contributed by atoms with Gasteiger partial charge in [-0.05, 0) is 38.6 Å². The Bertz CT molecular complexity index is 984. The van der Waals surface area contributed by atoms with Crippen molar-refractivity contribution in [3.8, 4) is 0 Å². The normalized spacial score (nSPS) is 13.5. The summed E-state index contributed by atoms with van der Waals surface area (Å²) in [7, 11) is 1.84. The molecule has 0 fully saturated rings. The second-order valence-corrected chi connectivity index (χ2v) is 6.76. The van der Waals surface area contributed by atoms with Crippen LogP contribution in [0.4, 0.5) is 0 Å². The third kappa shape index (κ3) is 4.41. The highest BCUT2D eigenvalue weighted by atomic mass is 16.2. The van der Waals surface area contributed by atoms with Gasteiger partial charge in [-0.3, -0.25) is 14.5 Å². The van der Waals surface area contributed by atoms with Gasteiger partial charge in [0.2, 0.25) is 5.91 Å². The maximum absolute atomic E-state index is 12.6. The Kier molecular flexibility index (Phi) is 5.66. The maximum Gasteiger partial charge on any atom is 0.258 e. The number of hydrogen-bond donors (Lipinski definition) is 2. The van der Waals surface area contributed by atoms with Crippen molar-refractivity contribution in [3.05, 3.63) is 76.3 Å². The molecule has 1 heterocycles. The molecule has 0 saturated carbocycles. The van der Waals surface area contributed by atoms with E-state index in [0.717, 1.165) is 5.56 Å². The highest BCUT2D eigenvalue weighted by Gasteiger charge is 2.21. The van der Waals surface area contributed by atoms with Crippen LogP contribution < -0.4 is 10.9 Å². The van der Waals surface area contributed by atoms with Crippen LogP contribution in [-0.4, -0.2) is 33.9 Å². The van der Waals surface area contributed by atoms with Gasteiger partial charge in [0.05, 0.1) is 29.5 Å². The van der Waals surface area contributed by atoms with Crippen molar-refractivity contribution in [2.24, 2.45) is 0 Å². The summed E-state index contributed by atoms with van der Waals surface area (Å²) in [6.07, 6.45) is 0. The average Bonchev–Trinajstić information content (AvgIpc) is 2.68. The lowest BCUT2D eigenvalue weighted by molar-refractivity contribution is -0.126. The topological polar surface area (TPSA) is 78.1 Å². The van der Waals surface area contributed by atoms with Gasteiger partial charge < -0.3 is 10.3 Å². The molecule has 2 atom stereocenters. The number of rotatable bonds is 6. The minimum absolute atomic E-state index is 0.0722. The number of H-pyrrole nitrogens is 1. The number of nitrogens with one attached hydrogen (secondary N) is 2. The average molecular weight is 364 g/mol. The molecule has 2 aromatic carbocycles. The van der Waals surface area contributed by atoms with Gasteiger partial charge >= 0.3 is 0 Å². The summed E-state index contributed by atoms with van der Waals surface area (Å²) in [5.74, 6) is 0.467. The maximum atomic E-state index is 12.6. The van der Waals surface area contributed by atoms with Crippen LogP contribution >= 0.6 is 0 Å². The first-order valence-corrected chi connectivity index (χ1v) is 8.99. The van der Waals surface area contributed by atoms with Gasteiger partial charge in [-0.1, -0.05) is 42.5 Å². The molecule has 0 aliphatic rings. The van der Waals surface area contributed by atoms with Crippen molar-refractivity contribution in [1.29, 1.82) is 0 Å². The number of aromatic nitrogens is 2. The lowest BCUT2D eigenvalue weighted by Crippen LogP contribution is -2.44. The van der Waals surface area contributed by atoms with Crippen LogP contribution in [0.2, 0.25) is 0 Å². The number of para-hydroxylation sites is 1. The number of carbonyl (C=O) groups excluding carboxylic acids is 1. The van der Waals surface area contributed by atoms with Crippen molar-refractivity contribution in [2.45, 2.75) is 32.5 Å². The van der Waals surface area contributed by atoms with E-state index in [1.165, 1.54) is 0 Å². The molecular formula is C21H24N4O2. The zero-order chi connectivity index (χ0) is 19.4. The van der Waals surface area contributed by atoms with E-state index in [1.807, 2.05) is 74.3 Å². The molecular weight excluding hydrogens is 340 g/mol. The summed E-state index contributed by atoms with van der Waals surface area (Å²) in [6.45, 7) is 4.17. The van der Waals surface area contributed by atoms with Gasteiger partial charge in [-0.2, -0.15) is 0 Å². The molecule has 140 valence electrons. The van der Waals surface area contributed by atoms with E-state index < -0.39 is 0 Å². The first-order chi connectivity index (χ1) is 13.0. The molecule has 2 N–H and O–H groups in total. The fraction of sp³-hybridized carbons (Fsp3) is 0.286. The minimum Gasteiger partial charge on any atom is -0.348 e. The Morgan fingerprint density at radius 1 is 1.11 bits per heavy atom. The fourth-order valence-electron chi connectivity index (χ4n) is 2.94. The van der Waals surface area contributed by atoms with E-state index in [0.29, 0.717) is 23.3 Å². The third-order valence-corrected chi connectivity index (χ3v) is 4.76. The van der Waals surface area contributed by atoms with Gasteiger partial charge in [-0.25, -0.2) is 4.98 Å². The molecule has 0 radical (unpaired) electrons. The highest BCUT2D eigenvalue weighted by Crippen LogP contribution is 2.12. The minimum atomic E-state index is -0.368. The second kappa shape index (κ2) is 8.14. The monoisotopic (exact) mass is 364 g/mol. The zero-order valence-electron chi connectivity index (χ0n) is 15.8. The predicted molar refractivity (Wildman–Crippen MR) is 106 cm³/mol. The van der Waals surface area contributed by atoms with E-state index in [1.54, 1.807) is 6.07 Å². The number of carbonyl (C=O) groups is 1. The smallest absolute Gasteiger partial charge is 0.258 e. The SMILES string of the molecule is C[C@H](NC(=O)[C@H](C)N(C)Cc1nc2ccccc2c(=O)[nH]1)c1ccccc1. The Hall–Kier alpha value is -2.99. The summed E-state index contributed by atoms with van der Waals surface area (Å²) in [5, 5.41) is 3.59. The summed E-state index contributed by atoms with van der Waals surface area (Å²) in [4.78, 5) is 33.9. The van der Waals surface area contributed by atoms with Gasteiger partial charge in [0.15, 0.2) is 0 Å². The Morgan fingerprint density at radius 2 is 1.78 bits per heavy atom. The summed E-state index contributed by atoms with van der Waals surface area (Å²) in [6, 6.07) is 16.6. The largest absolute Gasteiger partial charge is 0.348 e. The molecule has 0 saturated heterocycles. The van der Waals surface area contributed by atoms with Crippen LogP contribution in [-0.2, 0) is 11.3 Å². The molecule has 3 aromatic rings. The molecule has 6 nitrogen and oxygen atoms in total. The van der Waals surface area contributed by atoms with Crippen molar-refractivity contribution >= 4 is 16.8 Å². The first-order valence-electron chi connectivity index (χ1n) is 8.99. The standard InChI is InChI=1S/C21H24N4O2/c1-14(16-9-5-4-6-10-16)22-20(26)15(2)25(3)13-19-23-18-12-8-7-11-17(18)21(27)24-19/h4-12,14-15H,13H2,1-3H3,(H,22,26)(H,23,24,27)/t14-,15-/m0/s1. The number of hydrogen-bond acceptors (Lipinski definition) is 4. The zero-order valence-corrected chi connectivity index (χ0v) is 15.8. The van der Waals surface area contributed by atoms with E-state index in [9.17, 15) is 9.59 Å². The van der Waals surface area contributed by atoms with E-state index in [-0.39, 0.29) is 23.6 Å². The summed E-state index contributed by atoms with van der Waals surface area (Å²) in [5.41, 5.74) is 1.54. The second-order valence-electron chi connectivity index (χ2n) is 6.76. The van der Waals surface area contributed by atoms with Crippen molar-refractivity contribution in [3.63, 3.8) is 0 Å². The molecule has 1 amide bonds. The number of aromatic amines is 1. The first kappa shape index (κ1) is 18.8. The molecule has 1 aromatic heterocycles. The summed E-state index contributed by atoms with van der Waals surface area (Å²) < 4.78 is 0. The molecule has 0 unspecified atom stereocenters. The van der Waals surface area contributed by atoms with Gasteiger partial charge in [0, 0.05) is 0 Å².